The van der Waals surface area contributed by atoms with E-state index >= 15 is 0 Å². The summed E-state index contributed by atoms with van der Waals surface area (Å²) in [5.74, 6) is 0.925. The Hall–Kier alpha value is -2.83. The second-order valence-electron chi connectivity index (χ2n) is 7.28. The van der Waals surface area contributed by atoms with Crippen molar-refractivity contribution in [3.05, 3.63) is 77.3 Å². The molecule has 0 fully saturated rings. The maximum atomic E-state index is 13.0. The van der Waals surface area contributed by atoms with Gasteiger partial charge in [-0.25, -0.2) is 4.99 Å². The molecule has 0 saturated carbocycles. The molecule has 1 amide bonds. The Bertz CT molecular complexity index is 929. The molecule has 0 spiro atoms. The summed E-state index contributed by atoms with van der Waals surface area (Å²) in [6.07, 6.45) is 3.26. The Kier molecular flexibility index (Phi) is 8.09. The van der Waals surface area contributed by atoms with Crippen molar-refractivity contribution in [2.75, 3.05) is 26.4 Å². The van der Waals surface area contributed by atoms with Crippen molar-refractivity contribution in [2.24, 2.45) is 4.99 Å². The van der Waals surface area contributed by atoms with Gasteiger partial charge in [0.15, 0.2) is 5.54 Å². The second-order valence-corrected chi connectivity index (χ2v) is 7.68. The van der Waals surface area contributed by atoms with E-state index in [1.807, 2.05) is 48.5 Å². The fourth-order valence-corrected chi connectivity index (χ4v) is 3.50. The highest BCUT2D eigenvalue weighted by Crippen LogP contribution is 2.27. The predicted octanol–water partition coefficient (Wildman–Crippen LogP) is 3.55. The van der Waals surface area contributed by atoms with E-state index in [4.69, 9.17) is 26.2 Å². The van der Waals surface area contributed by atoms with Gasteiger partial charge in [0.05, 0.1) is 6.61 Å². The molecule has 1 aliphatic rings. The number of aliphatic imine (C=N–C) groups is 1. The van der Waals surface area contributed by atoms with Crippen LogP contribution in [0, 0.1) is 0 Å². The minimum absolute atomic E-state index is 0.0918. The van der Waals surface area contributed by atoms with E-state index in [9.17, 15) is 4.79 Å². The zero-order chi connectivity index (χ0) is 22.1. The van der Waals surface area contributed by atoms with Gasteiger partial charge in [-0.05, 0) is 42.3 Å². The number of nitrogens with zero attached hydrogens (tertiary/aromatic N) is 1. The summed E-state index contributed by atoms with van der Waals surface area (Å²) >= 11 is 6.19. The molecule has 1 atom stereocenters. The Balaban J connectivity index is 1.65. The van der Waals surface area contributed by atoms with Crippen molar-refractivity contribution < 1.29 is 19.4 Å². The van der Waals surface area contributed by atoms with Crippen LogP contribution in [0.5, 0.6) is 5.75 Å². The molecule has 0 radical (unpaired) electrons. The quantitative estimate of drug-likeness (QED) is 0.412. The van der Waals surface area contributed by atoms with Gasteiger partial charge in [-0.15, -0.1) is 6.58 Å². The number of carbonyl (C=O) groups excluding carboxylic acids is 1. The lowest BCUT2D eigenvalue weighted by Gasteiger charge is -2.21. The highest BCUT2D eigenvalue weighted by Gasteiger charge is 2.43. The van der Waals surface area contributed by atoms with Crippen molar-refractivity contribution in [1.82, 2.24) is 5.32 Å². The Morgan fingerprint density at radius 1 is 1.29 bits per heavy atom. The second kappa shape index (κ2) is 11.0. The molecule has 0 unspecified atom stereocenters. The number of hydrogen-bond donors (Lipinski definition) is 2. The molecular formula is C24H27ClN2O4. The Labute approximate surface area is 187 Å². The molecule has 2 aromatic rings. The first kappa shape index (κ1) is 22.8. The fraction of sp³-hybridized carbons (Fsp3) is 0.333. The van der Waals surface area contributed by atoms with Gasteiger partial charge in [0, 0.05) is 36.6 Å². The maximum Gasteiger partial charge on any atom is 0.251 e. The van der Waals surface area contributed by atoms with Crippen LogP contribution in [-0.4, -0.2) is 48.8 Å². The van der Waals surface area contributed by atoms with Crippen molar-refractivity contribution in [3.63, 3.8) is 0 Å². The largest absolute Gasteiger partial charge is 0.494 e. The topological polar surface area (TPSA) is 80.2 Å². The smallest absolute Gasteiger partial charge is 0.251 e. The number of hydrogen-bond acceptors (Lipinski definition) is 5. The van der Waals surface area contributed by atoms with Crippen LogP contribution in [-0.2, 0) is 16.0 Å². The summed E-state index contributed by atoms with van der Waals surface area (Å²) in [6.45, 7) is 4.92. The molecule has 2 N–H and O–H groups in total. The number of rotatable bonds is 11. The molecule has 0 aromatic heterocycles. The number of amides is 1. The minimum Gasteiger partial charge on any atom is -0.494 e. The molecule has 7 heteroatoms. The first-order chi connectivity index (χ1) is 15.1. The van der Waals surface area contributed by atoms with Crippen LogP contribution in [0.3, 0.4) is 0 Å². The molecule has 0 bridgehead atoms. The van der Waals surface area contributed by atoms with Crippen molar-refractivity contribution >= 4 is 23.4 Å². The zero-order valence-corrected chi connectivity index (χ0v) is 18.1. The van der Waals surface area contributed by atoms with Gasteiger partial charge in [-0.1, -0.05) is 35.9 Å². The van der Waals surface area contributed by atoms with Crippen molar-refractivity contribution in [2.45, 2.75) is 24.8 Å². The summed E-state index contributed by atoms with van der Waals surface area (Å²) in [4.78, 5) is 17.6. The number of aliphatic hydroxyl groups is 1. The van der Waals surface area contributed by atoms with E-state index in [2.05, 4.69) is 16.9 Å². The Morgan fingerprint density at radius 2 is 2.06 bits per heavy atom. The van der Waals surface area contributed by atoms with Gasteiger partial charge in [-0.3, -0.25) is 4.79 Å². The monoisotopic (exact) mass is 442 g/mol. The number of ether oxygens (including phenoxy) is 2. The van der Waals surface area contributed by atoms with E-state index in [0.29, 0.717) is 49.1 Å². The van der Waals surface area contributed by atoms with E-state index in [1.54, 1.807) is 6.08 Å². The van der Waals surface area contributed by atoms with E-state index in [-0.39, 0.29) is 19.1 Å². The standard InChI is InChI=1S/C24H27ClN2O4/c1-2-13-24(23(29)26-14-12-18-6-3-4-7-21(18)25)17-31-22(27-24)19-8-10-20(11-9-19)30-16-5-15-28/h2-4,6-11,28H,1,5,12-17H2,(H,26,29)/t24-/m1/s1. The average Bonchev–Trinajstić information content (AvgIpc) is 3.21. The van der Waals surface area contributed by atoms with Crippen LogP contribution in [0.4, 0.5) is 0 Å². The lowest BCUT2D eigenvalue weighted by Crippen LogP contribution is -2.47. The third-order valence-corrected chi connectivity index (χ3v) is 5.35. The molecule has 1 aliphatic heterocycles. The number of carbonyl (C=O) groups is 1. The summed E-state index contributed by atoms with van der Waals surface area (Å²) < 4.78 is 11.3. The van der Waals surface area contributed by atoms with Crippen LogP contribution in [0.2, 0.25) is 5.02 Å². The predicted molar refractivity (Wildman–Crippen MR) is 122 cm³/mol. The van der Waals surface area contributed by atoms with Crippen molar-refractivity contribution in [3.8, 4) is 5.75 Å². The van der Waals surface area contributed by atoms with Gasteiger partial charge < -0.3 is 19.9 Å². The molecular weight excluding hydrogens is 416 g/mol. The fourth-order valence-electron chi connectivity index (χ4n) is 3.27. The summed E-state index contributed by atoms with van der Waals surface area (Å²) in [5.41, 5.74) is 0.716. The van der Waals surface area contributed by atoms with E-state index < -0.39 is 5.54 Å². The first-order valence-electron chi connectivity index (χ1n) is 10.3. The normalized spacial score (nSPS) is 17.5. The maximum absolute atomic E-state index is 13.0. The summed E-state index contributed by atoms with van der Waals surface area (Å²) in [6, 6.07) is 14.9. The van der Waals surface area contributed by atoms with Crippen molar-refractivity contribution in [1.29, 1.82) is 0 Å². The number of aliphatic hydroxyl groups excluding tert-OH is 1. The van der Waals surface area contributed by atoms with Gasteiger partial charge in [0.25, 0.3) is 5.91 Å². The summed E-state index contributed by atoms with van der Waals surface area (Å²) in [5, 5.41) is 12.5. The highest BCUT2D eigenvalue weighted by molar-refractivity contribution is 6.31. The van der Waals surface area contributed by atoms with E-state index in [1.165, 1.54) is 0 Å². The molecule has 0 aliphatic carbocycles. The SMILES string of the molecule is C=CC[C@]1(C(=O)NCCc2ccccc2Cl)COC(c2ccc(OCCCO)cc2)=N1. The average molecular weight is 443 g/mol. The van der Waals surface area contributed by atoms with Gasteiger partial charge in [0.1, 0.15) is 12.4 Å². The molecule has 31 heavy (non-hydrogen) atoms. The van der Waals surface area contributed by atoms with Gasteiger partial charge >= 0.3 is 0 Å². The first-order valence-corrected chi connectivity index (χ1v) is 10.6. The van der Waals surface area contributed by atoms with Crippen LogP contribution < -0.4 is 10.1 Å². The van der Waals surface area contributed by atoms with Gasteiger partial charge in [-0.2, -0.15) is 0 Å². The lowest BCUT2D eigenvalue weighted by atomic mass is 9.96. The minimum atomic E-state index is -1.03. The molecule has 2 aromatic carbocycles. The highest BCUT2D eigenvalue weighted by atomic mass is 35.5. The third-order valence-electron chi connectivity index (χ3n) is 4.98. The van der Waals surface area contributed by atoms with Gasteiger partial charge in [0.2, 0.25) is 5.90 Å². The van der Waals surface area contributed by atoms with Crippen LogP contribution in [0.25, 0.3) is 0 Å². The number of benzene rings is 2. The lowest BCUT2D eigenvalue weighted by molar-refractivity contribution is -0.126. The van der Waals surface area contributed by atoms with Crippen LogP contribution >= 0.6 is 11.6 Å². The molecule has 164 valence electrons. The molecule has 3 rings (SSSR count). The summed E-state index contributed by atoms with van der Waals surface area (Å²) in [7, 11) is 0. The van der Waals surface area contributed by atoms with Crippen LogP contribution in [0.15, 0.2) is 66.2 Å². The number of halogens is 1. The molecule has 0 saturated heterocycles. The molecule has 6 nitrogen and oxygen atoms in total. The zero-order valence-electron chi connectivity index (χ0n) is 17.4. The third kappa shape index (κ3) is 5.87. The Morgan fingerprint density at radius 3 is 2.77 bits per heavy atom. The van der Waals surface area contributed by atoms with E-state index in [0.717, 1.165) is 11.1 Å². The number of nitrogens with one attached hydrogen (secondary N) is 1. The molecule has 1 heterocycles. The van der Waals surface area contributed by atoms with Crippen LogP contribution in [0.1, 0.15) is 24.0 Å².